The Morgan fingerprint density at radius 3 is 2.71 bits per heavy atom. The van der Waals surface area contributed by atoms with Gasteiger partial charge in [-0.05, 0) is 36.1 Å². The van der Waals surface area contributed by atoms with Crippen LogP contribution in [-0.4, -0.2) is 23.7 Å². The second kappa shape index (κ2) is 7.09. The average Bonchev–Trinajstić information content (AvgIpc) is 3.01. The molecule has 0 spiro atoms. The quantitative estimate of drug-likeness (QED) is 0.858. The van der Waals surface area contributed by atoms with Crippen LogP contribution in [0.4, 0.5) is 0 Å². The molecule has 1 aromatic heterocycles. The lowest BCUT2D eigenvalue weighted by molar-refractivity contribution is 0.0916. The van der Waals surface area contributed by atoms with E-state index in [0.29, 0.717) is 12.0 Å². The van der Waals surface area contributed by atoms with Gasteiger partial charge >= 0.3 is 0 Å². The minimum atomic E-state index is -0.118. The first kappa shape index (κ1) is 15.3. The topological polar surface area (TPSA) is 62.5 Å². The van der Waals surface area contributed by atoms with Gasteiger partial charge in [0, 0.05) is 23.8 Å². The van der Waals surface area contributed by atoms with Crippen LogP contribution in [0, 0.1) is 5.92 Å². The van der Waals surface area contributed by atoms with Crippen molar-refractivity contribution in [2.75, 3.05) is 6.61 Å². The van der Waals surface area contributed by atoms with Crippen LogP contribution in [0.25, 0.3) is 11.1 Å². The van der Waals surface area contributed by atoms with Gasteiger partial charge in [0.25, 0.3) is 5.91 Å². The zero-order valence-corrected chi connectivity index (χ0v) is 12.4. The molecule has 0 saturated heterocycles. The Morgan fingerprint density at radius 1 is 1.29 bits per heavy atom. The number of aliphatic hydroxyl groups is 1. The molecule has 0 aliphatic heterocycles. The van der Waals surface area contributed by atoms with E-state index in [-0.39, 0.29) is 24.5 Å². The molecule has 1 heterocycles. The molecule has 1 amide bonds. The number of carbonyl (C=O) groups excluding carboxylic acids is 1. The fourth-order valence-electron chi connectivity index (χ4n) is 2.23. The van der Waals surface area contributed by atoms with Crippen molar-refractivity contribution in [3.63, 3.8) is 0 Å². The van der Waals surface area contributed by atoms with E-state index in [1.54, 1.807) is 18.6 Å². The average molecular weight is 287 g/mol. The van der Waals surface area contributed by atoms with E-state index in [9.17, 15) is 4.79 Å². The van der Waals surface area contributed by atoms with Crippen LogP contribution < -0.4 is 5.32 Å². The monoisotopic (exact) mass is 287 g/mol. The van der Waals surface area contributed by atoms with Crippen molar-refractivity contribution in [3.05, 3.63) is 48.4 Å². The Balaban J connectivity index is 2.14. The number of aliphatic hydroxyl groups excluding tert-OH is 1. The summed E-state index contributed by atoms with van der Waals surface area (Å²) in [5, 5.41) is 12.1. The maximum absolute atomic E-state index is 12.3. The van der Waals surface area contributed by atoms with E-state index >= 15 is 0 Å². The van der Waals surface area contributed by atoms with Gasteiger partial charge in [0.2, 0.25) is 0 Å². The van der Waals surface area contributed by atoms with Crippen LogP contribution >= 0.6 is 0 Å². The first-order valence-electron chi connectivity index (χ1n) is 7.16. The minimum Gasteiger partial charge on any atom is -0.472 e. The Kier molecular flexibility index (Phi) is 5.17. The molecule has 0 saturated carbocycles. The maximum Gasteiger partial charge on any atom is 0.251 e. The van der Waals surface area contributed by atoms with Crippen molar-refractivity contribution in [2.24, 2.45) is 5.92 Å². The number of nitrogens with one attached hydrogen (secondary N) is 1. The number of hydrogen-bond acceptors (Lipinski definition) is 3. The molecule has 2 N–H and O–H groups in total. The molecule has 1 unspecified atom stereocenters. The molecule has 1 atom stereocenters. The summed E-state index contributed by atoms with van der Waals surface area (Å²) >= 11 is 0. The third-order valence-electron chi connectivity index (χ3n) is 3.54. The first-order valence-corrected chi connectivity index (χ1v) is 7.16. The molecule has 1 aromatic carbocycles. The molecule has 112 valence electrons. The highest BCUT2D eigenvalue weighted by Crippen LogP contribution is 2.21. The Labute approximate surface area is 124 Å². The second-order valence-electron chi connectivity index (χ2n) is 5.43. The van der Waals surface area contributed by atoms with Crippen LogP contribution in [0.1, 0.15) is 30.6 Å². The van der Waals surface area contributed by atoms with Gasteiger partial charge in [0.1, 0.15) is 0 Å². The van der Waals surface area contributed by atoms with Gasteiger partial charge in [-0.25, -0.2) is 0 Å². The lowest BCUT2D eigenvalue weighted by Crippen LogP contribution is -2.39. The summed E-state index contributed by atoms with van der Waals surface area (Å²) in [5.41, 5.74) is 2.50. The van der Waals surface area contributed by atoms with Crippen LogP contribution in [0.15, 0.2) is 47.3 Å². The molecule has 4 nitrogen and oxygen atoms in total. The molecular weight excluding hydrogens is 266 g/mol. The smallest absolute Gasteiger partial charge is 0.251 e. The molecule has 2 rings (SSSR count). The number of rotatable bonds is 6. The number of amides is 1. The lowest BCUT2D eigenvalue weighted by Gasteiger charge is -2.21. The van der Waals surface area contributed by atoms with E-state index in [4.69, 9.17) is 9.52 Å². The third-order valence-corrected chi connectivity index (χ3v) is 3.54. The highest BCUT2D eigenvalue weighted by Gasteiger charge is 2.17. The van der Waals surface area contributed by atoms with Crippen molar-refractivity contribution in [3.8, 4) is 11.1 Å². The van der Waals surface area contributed by atoms with Gasteiger partial charge in [-0.3, -0.25) is 4.79 Å². The summed E-state index contributed by atoms with van der Waals surface area (Å²) in [7, 11) is 0. The number of carbonyl (C=O) groups is 1. The summed E-state index contributed by atoms with van der Waals surface area (Å²) in [6.07, 6.45) is 3.82. The minimum absolute atomic E-state index is 0.0277. The zero-order valence-electron chi connectivity index (χ0n) is 12.4. The standard InChI is InChI=1S/C17H21NO3/c1-12(2)16(6-8-19)18-17(20)14-5-3-4-13(10-14)15-7-9-21-11-15/h3-5,7,9-12,16,19H,6,8H2,1-2H3,(H,18,20). The van der Waals surface area contributed by atoms with Gasteiger partial charge in [-0.1, -0.05) is 26.0 Å². The molecular formula is C17H21NO3. The summed E-state index contributed by atoms with van der Waals surface area (Å²) in [6.45, 7) is 4.13. The SMILES string of the molecule is CC(C)C(CCO)NC(=O)c1cccc(-c2ccoc2)c1. The predicted molar refractivity (Wildman–Crippen MR) is 81.9 cm³/mol. The summed E-state index contributed by atoms with van der Waals surface area (Å²) in [4.78, 5) is 12.3. The lowest BCUT2D eigenvalue weighted by atomic mass is 10.00. The Hall–Kier alpha value is -2.07. The van der Waals surface area contributed by atoms with Crippen molar-refractivity contribution < 1.29 is 14.3 Å². The third kappa shape index (κ3) is 3.95. The molecule has 0 radical (unpaired) electrons. The van der Waals surface area contributed by atoms with Crippen LogP contribution in [0.5, 0.6) is 0 Å². The first-order chi connectivity index (χ1) is 10.1. The number of benzene rings is 1. The Bertz CT molecular complexity index is 575. The highest BCUT2D eigenvalue weighted by molar-refractivity contribution is 5.95. The van der Waals surface area contributed by atoms with Crippen molar-refractivity contribution in [2.45, 2.75) is 26.3 Å². The highest BCUT2D eigenvalue weighted by atomic mass is 16.3. The summed E-state index contributed by atoms with van der Waals surface area (Å²) in [6, 6.07) is 9.26. The molecule has 0 aliphatic rings. The van der Waals surface area contributed by atoms with Crippen LogP contribution in [0.3, 0.4) is 0 Å². The van der Waals surface area contributed by atoms with Gasteiger partial charge in [-0.2, -0.15) is 0 Å². The van der Waals surface area contributed by atoms with Crippen molar-refractivity contribution in [1.29, 1.82) is 0 Å². The maximum atomic E-state index is 12.3. The van der Waals surface area contributed by atoms with E-state index < -0.39 is 0 Å². The Morgan fingerprint density at radius 2 is 2.10 bits per heavy atom. The van der Waals surface area contributed by atoms with Gasteiger partial charge in [0.05, 0.1) is 12.5 Å². The molecule has 0 bridgehead atoms. The fourth-order valence-corrected chi connectivity index (χ4v) is 2.23. The summed E-state index contributed by atoms with van der Waals surface area (Å²) < 4.78 is 5.07. The molecule has 0 aliphatic carbocycles. The van der Waals surface area contributed by atoms with Crippen LogP contribution in [-0.2, 0) is 0 Å². The van der Waals surface area contributed by atoms with Gasteiger partial charge < -0.3 is 14.8 Å². The fraction of sp³-hybridized carbons (Fsp3) is 0.353. The second-order valence-corrected chi connectivity index (χ2v) is 5.43. The van der Waals surface area contributed by atoms with Gasteiger partial charge in [0.15, 0.2) is 0 Å². The van der Waals surface area contributed by atoms with Crippen molar-refractivity contribution in [1.82, 2.24) is 5.32 Å². The zero-order chi connectivity index (χ0) is 15.2. The molecule has 2 aromatic rings. The van der Waals surface area contributed by atoms with E-state index in [1.807, 2.05) is 38.1 Å². The van der Waals surface area contributed by atoms with E-state index in [2.05, 4.69) is 5.32 Å². The normalized spacial score (nSPS) is 12.4. The number of furan rings is 1. The van der Waals surface area contributed by atoms with Gasteiger partial charge in [-0.15, -0.1) is 0 Å². The van der Waals surface area contributed by atoms with E-state index in [0.717, 1.165) is 11.1 Å². The predicted octanol–water partition coefficient (Wildman–Crippen LogP) is 3.08. The molecule has 0 fully saturated rings. The van der Waals surface area contributed by atoms with Crippen LogP contribution in [0.2, 0.25) is 0 Å². The molecule has 4 heteroatoms. The largest absolute Gasteiger partial charge is 0.472 e. The van der Waals surface area contributed by atoms with E-state index in [1.165, 1.54) is 0 Å². The molecule has 21 heavy (non-hydrogen) atoms. The summed E-state index contributed by atoms with van der Waals surface area (Å²) in [5.74, 6) is 0.158. The number of hydrogen-bond donors (Lipinski definition) is 2. The van der Waals surface area contributed by atoms with Crippen molar-refractivity contribution >= 4 is 5.91 Å².